The molecular weight excluding hydrogens is 373 g/mol. The SMILES string of the molecule is Cl.O=C(Cc1ccccc1)Nc1cc(NC(=O)C2COCCN2)ccc1F. The Kier molecular flexibility index (Phi) is 7.72. The van der Waals surface area contributed by atoms with E-state index in [4.69, 9.17) is 4.74 Å². The van der Waals surface area contributed by atoms with Gasteiger partial charge in [0.2, 0.25) is 11.8 Å². The van der Waals surface area contributed by atoms with E-state index in [1.165, 1.54) is 18.2 Å². The quantitative estimate of drug-likeness (QED) is 0.728. The number of carbonyl (C=O) groups excluding carboxylic acids is 2. The Hall–Kier alpha value is -2.48. The van der Waals surface area contributed by atoms with Crippen LogP contribution in [0.4, 0.5) is 15.8 Å². The van der Waals surface area contributed by atoms with Crippen LogP contribution in [-0.2, 0) is 20.7 Å². The summed E-state index contributed by atoms with van der Waals surface area (Å²) in [5, 5.41) is 8.29. The van der Waals surface area contributed by atoms with E-state index < -0.39 is 11.9 Å². The van der Waals surface area contributed by atoms with Gasteiger partial charge in [-0.3, -0.25) is 9.59 Å². The molecule has 8 heteroatoms. The molecule has 6 nitrogen and oxygen atoms in total. The van der Waals surface area contributed by atoms with E-state index in [0.29, 0.717) is 18.8 Å². The fraction of sp³-hybridized carbons (Fsp3) is 0.263. The van der Waals surface area contributed by atoms with Gasteiger partial charge in [-0.05, 0) is 23.8 Å². The zero-order valence-electron chi connectivity index (χ0n) is 14.5. The first kappa shape index (κ1) is 20.8. The predicted octanol–water partition coefficient (Wildman–Crippen LogP) is 2.36. The highest BCUT2D eigenvalue weighted by Gasteiger charge is 2.21. The molecule has 1 atom stereocenters. The maximum absolute atomic E-state index is 14.0. The van der Waals surface area contributed by atoms with Gasteiger partial charge >= 0.3 is 0 Å². The Bertz CT molecular complexity index is 783. The minimum absolute atomic E-state index is 0. The third-order valence-corrected chi connectivity index (χ3v) is 3.95. The number of nitrogens with one attached hydrogen (secondary N) is 3. The lowest BCUT2D eigenvalue weighted by Crippen LogP contribution is -2.48. The molecule has 2 amide bonds. The lowest BCUT2D eigenvalue weighted by atomic mass is 10.1. The first-order valence-corrected chi connectivity index (χ1v) is 8.37. The molecule has 27 heavy (non-hydrogen) atoms. The van der Waals surface area contributed by atoms with Gasteiger partial charge in [0.1, 0.15) is 11.9 Å². The summed E-state index contributed by atoms with van der Waals surface area (Å²) in [6.45, 7) is 1.45. The second-order valence-corrected chi connectivity index (χ2v) is 5.98. The van der Waals surface area contributed by atoms with Gasteiger partial charge in [0.15, 0.2) is 0 Å². The van der Waals surface area contributed by atoms with Crippen molar-refractivity contribution in [2.24, 2.45) is 0 Å². The third kappa shape index (κ3) is 6.02. The van der Waals surface area contributed by atoms with Crippen LogP contribution in [0.2, 0.25) is 0 Å². The second-order valence-electron chi connectivity index (χ2n) is 5.98. The molecule has 2 aromatic carbocycles. The van der Waals surface area contributed by atoms with E-state index in [1.54, 1.807) is 0 Å². The van der Waals surface area contributed by atoms with E-state index in [-0.39, 0.29) is 42.9 Å². The van der Waals surface area contributed by atoms with Crippen molar-refractivity contribution >= 4 is 35.6 Å². The van der Waals surface area contributed by atoms with E-state index in [2.05, 4.69) is 16.0 Å². The van der Waals surface area contributed by atoms with Crippen LogP contribution in [0.15, 0.2) is 48.5 Å². The van der Waals surface area contributed by atoms with Gasteiger partial charge in [0.25, 0.3) is 0 Å². The maximum Gasteiger partial charge on any atom is 0.243 e. The van der Waals surface area contributed by atoms with Gasteiger partial charge in [0, 0.05) is 12.2 Å². The van der Waals surface area contributed by atoms with Gasteiger partial charge in [-0.15, -0.1) is 12.4 Å². The summed E-state index contributed by atoms with van der Waals surface area (Å²) in [5.74, 6) is -1.16. The zero-order chi connectivity index (χ0) is 18.4. The van der Waals surface area contributed by atoms with E-state index in [9.17, 15) is 14.0 Å². The first-order valence-electron chi connectivity index (χ1n) is 8.37. The number of morpholine rings is 1. The first-order chi connectivity index (χ1) is 12.6. The van der Waals surface area contributed by atoms with E-state index >= 15 is 0 Å². The third-order valence-electron chi connectivity index (χ3n) is 3.95. The number of benzene rings is 2. The van der Waals surface area contributed by atoms with Crippen molar-refractivity contribution in [3.05, 3.63) is 59.9 Å². The summed E-state index contributed by atoms with van der Waals surface area (Å²) in [5.41, 5.74) is 1.26. The minimum atomic E-state index is -0.566. The van der Waals surface area contributed by atoms with E-state index in [1.807, 2.05) is 30.3 Å². The molecule has 0 spiro atoms. The van der Waals surface area contributed by atoms with Crippen molar-refractivity contribution in [3.8, 4) is 0 Å². The van der Waals surface area contributed by atoms with Crippen LogP contribution in [0.5, 0.6) is 0 Å². The Morgan fingerprint density at radius 2 is 1.93 bits per heavy atom. The van der Waals surface area contributed by atoms with E-state index in [0.717, 1.165) is 5.56 Å². The molecule has 0 bridgehead atoms. The Labute approximate surface area is 162 Å². The van der Waals surface area contributed by atoms with Crippen LogP contribution >= 0.6 is 12.4 Å². The van der Waals surface area contributed by atoms with Crippen molar-refractivity contribution < 1.29 is 18.7 Å². The summed E-state index contributed by atoms with van der Waals surface area (Å²) in [6, 6.07) is 12.8. The molecule has 3 N–H and O–H groups in total. The van der Waals surface area contributed by atoms with Crippen LogP contribution in [0.25, 0.3) is 0 Å². The lowest BCUT2D eigenvalue weighted by Gasteiger charge is -2.23. The smallest absolute Gasteiger partial charge is 0.243 e. The summed E-state index contributed by atoms with van der Waals surface area (Å²) >= 11 is 0. The molecule has 3 rings (SSSR count). The summed E-state index contributed by atoms with van der Waals surface area (Å²) in [6.07, 6.45) is 0.139. The highest BCUT2D eigenvalue weighted by atomic mass is 35.5. The molecule has 1 aliphatic rings. The summed E-state index contributed by atoms with van der Waals surface area (Å²) in [7, 11) is 0. The molecule has 0 aliphatic carbocycles. The summed E-state index contributed by atoms with van der Waals surface area (Å²) < 4.78 is 19.3. The Morgan fingerprint density at radius 3 is 2.63 bits per heavy atom. The number of rotatable bonds is 5. The minimum Gasteiger partial charge on any atom is -0.378 e. The largest absolute Gasteiger partial charge is 0.378 e. The van der Waals surface area contributed by atoms with Gasteiger partial charge in [-0.25, -0.2) is 4.39 Å². The normalized spacial score (nSPS) is 16.1. The molecule has 0 saturated carbocycles. The molecule has 0 radical (unpaired) electrons. The van der Waals surface area contributed by atoms with Crippen molar-refractivity contribution in [1.29, 1.82) is 0 Å². The number of hydrogen-bond donors (Lipinski definition) is 3. The van der Waals surface area contributed by atoms with Crippen molar-refractivity contribution in [3.63, 3.8) is 0 Å². The Morgan fingerprint density at radius 1 is 1.15 bits per heavy atom. The molecule has 1 heterocycles. The molecule has 1 fully saturated rings. The lowest BCUT2D eigenvalue weighted by molar-refractivity contribution is -0.120. The number of anilines is 2. The number of carbonyl (C=O) groups is 2. The second kappa shape index (κ2) is 10.0. The maximum atomic E-state index is 14.0. The molecule has 1 saturated heterocycles. The monoisotopic (exact) mass is 393 g/mol. The number of halogens is 2. The van der Waals surface area contributed by atoms with Crippen LogP contribution in [-0.4, -0.2) is 37.6 Å². The van der Waals surface area contributed by atoms with Crippen LogP contribution in [0.3, 0.4) is 0 Å². The predicted molar refractivity (Wildman–Crippen MR) is 104 cm³/mol. The average molecular weight is 394 g/mol. The van der Waals surface area contributed by atoms with Gasteiger partial charge in [-0.1, -0.05) is 30.3 Å². The molecule has 2 aromatic rings. The summed E-state index contributed by atoms with van der Waals surface area (Å²) in [4.78, 5) is 24.3. The standard InChI is InChI=1S/C19H20FN3O3.ClH/c20-15-7-6-14(22-19(25)17-12-26-9-8-21-17)11-16(15)23-18(24)10-13-4-2-1-3-5-13;/h1-7,11,17,21H,8-10,12H2,(H,22,25)(H,23,24);1H. The Balaban J connectivity index is 0.00000261. The molecule has 1 aliphatic heterocycles. The van der Waals surface area contributed by atoms with Crippen molar-refractivity contribution in [2.45, 2.75) is 12.5 Å². The van der Waals surface area contributed by atoms with Crippen LogP contribution < -0.4 is 16.0 Å². The van der Waals surface area contributed by atoms with Crippen molar-refractivity contribution in [2.75, 3.05) is 30.4 Å². The van der Waals surface area contributed by atoms with Crippen LogP contribution in [0.1, 0.15) is 5.56 Å². The van der Waals surface area contributed by atoms with Gasteiger partial charge in [-0.2, -0.15) is 0 Å². The fourth-order valence-corrected chi connectivity index (χ4v) is 2.64. The molecule has 0 aromatic heterocycles. The molecular formula is C19H21ClFN3O3. The number of hydrogen-bond acceptors (Lipinski definition) is 4. The van der Waals surface area contributed by atoms with Crippen molar-refractivity contribution in [1.82, 2.24) is 5.32 Å². The van der Waals surface area contributed by atoms with Crippen LogP contribution in [0, 0.1) is 5.82 Å². The highest BCUT2D eigenvalue weighted by molar-refractivity contribution is 5.97. The highest BCUT2D eigenvalue weighted by Crippen LogP contribution is 2.20. The molecule has 1 unspecified atom stereocenters. The zero-order valence-corrected chi connectivity index (χ0v) is 15.4. The van der Waals surface area contributed by atoms with Gasteiger partial charge < -0.3 is 20.7 Å². The topological polar surface area (TPSA) is 79.5 Å². The number of ether oxygens (including phenoxy) is 1. The average Bonchev–Trinajstić information content (AvgIpc) is 2.66. The van der Waals surface area contributed by atoms with Gasteiger partial charge in [0.05, 0.1) is 25.3 Å². The molecule has 144 valence electrons. The number of amides is 2. The fourth-order valence-electron chi connectivity index (χ4n) is 2.64.